The SMILES string of the molecule is O=C(O)/C=C/C(=O)Nc1nnc(-c2ccc3c(c2)OCO3)s1. The number of carbonyl (C=O) groups excluding carboxylic acids is 1. The monoisotopic (exact) mass is 319 g/mol. The van der Waals surface area contributed by atoms with Crippen LogP contribution in [0, 0.1) is 0 Å². The average Bonchev–Trinajstić information content (AvgIpc) is 3.12. The van der Waals surface area contributed by atoms with Crippen molar-refractivity contribution in [3.05, 3.63) is 30.4 Å². The second kappa shape index (κ2) is 5.82. The third kappa shape index (κ3) is 3.04. The number of amides is 1. The summed E-state index contributed by atoms with van der Waals surface area (Å²) in [5.41, 5.74) is 0.781. The molecule has 0 bridgehead atoms. The fourth-order valence-electron chi connectivity index (χ4n) is 1.71. The first kappa shape index (κ1) is 14.0. The molecule has 8 nitrogen and oxygen atoms in total. The number of ether oxygens (including phenoxy) is 2. The first-order chi connectivity index (χ1) is 10.6. The van der Waals surface area contributed by atoms with Crippen LogP contribution in [-0.4, -0.2) is 34.0 Å². The van der Waals surface area contributed by atoms with E-state index in [9.17, 15) is 9.59 Å². The zero-order valence-corrected chi connectivity index (χ0v) is 11.8. The number of rotatable bonds is 4. The molecule has 2 N–H and O–H groups in total. The molecular weight excluding hydrogens is 310 g/mol. The number of carboxylic acids is 1. The van der Waals surface area contributed by atoms with Crippen molar-refractivity contribution in [2.75, 3.05) is 12.1 Å². The van der Waals surface area contributed by atoms with E-state index in [0.29, 0.717) is 16.5 Å². The summed E-state index contributed by atoms with van der Waals surface area (Å²) in [4.78, 5) is 21.8. The Kier molecular flexibility index (Phi) is 3.71. The highest BCUT2D eigenvalue weighted by atomic mass is 32.1. The molecule has 1 aliphatic rings. The molecule has 0 radical (unpaired) electrons. The van der Waals surface area contributed by atoms with Gasteiger partial charge in [-0.15, -0.1) is 10.2 Å². The van der Waals surface area contributed by atoms with Crippen LogP contribution >= 0.6 is 11.3 Å². The van der Waals surface area contributed by atoms with E-state index in [-0.39, 0.29) is 11.9 Å². The maximum absolute atomic E-state index is 11.5. The van der Waals surface area contributed by atoms with Crippen LogP contribution in [-0.2, 0) is 9.59 Å². The third-order valence-electron chi connectivity index (χ3n) is 2.65. The molecule has 9 heteroatoms. The topological polar surface area (TPSA) is 111 Å². The van der Waals surface area contributed by atoms with Gasteiger partial charge in [0.2, 0.25) is 17.8 Å². The van der Waals surface area contributed by atoms with Crippen molar-refractivity contribution in [1.29, 1.82) is 0 Å². The van der Waals surface area contributed by atoms with Crippen molar-refractivity contribution >= 4 is 28.3 Å². The molecule has 112 valence electrons. The molecule has 1 aliphatic heterocycles. The summed E-state index contributed by atoms with van der Waals surface area (Å²) in [6, 6.07) is 5.36. The number of fused-ring (bicyclic) bond motifs is 1. The zero-order chi connectivity index (χ0) is 15.5. The Morgan fingerprint density at radius 2 is 2.05 bits per heavy atom. The van der Waals surface area contributed by atoms with E-state index in [0.717, 1.165) is 29.1 Å². The number of nitrogens with one attached hydrogen (secondary N) is 1. The van der Waals surface area contributed by atoms with Crippen molar-refractivity contribution in [3.8, 4) is 22.1 Å². The summed E-state index contributed by atoms with van der Waals surface area (Å²) in [5, 5.41) is 19.6. The Balaban J connectivity index is 1.74. The minimum absolute atomic E-state index is 0.187. The molecule has 1 aromatic heterocycles. The summed E-state index contributed by atoms with van der Waals surface area (Å²) in [6.45, 7) is 0.187. The van der Waals surface area contributed by atoms with Gasteiger partial charge in [0, 0.05) is 17.7 Å². The van der Waals surface area contributed by atoms with Gasteiger partial charge in [0.1, 0.15) is 5.01 Å². The van der Waals surface area contributed by atoms with Crippen LogP contribution in [0.5, 0.6) is 11.5 Å². The summed E-state index contributed by atoms with van der Waals surface area (Å²) in [5.74, 6) is -0.493. The van der Waals surface area contributed by atoms with Gasteiger partial charge in [0.05, 0.1) is 0 Å². The average molecular weight is 319 g/mol. The number of aliphatic carboxylic acids is 1. The van der Waals surface area contributed by atoms with Crippen molar-refractivity contribution in [3.63, 3.8) is 0 Å². The molecule has 0 aliphatic carbocycles. The van der Waals surface area contributed by atoms with Crippen molar-refractivity contribution in [2.24, 2.45) is 0 Å². The number of aromatic nitrogens is 2. The lowest BCUT2D eigenvalue weighted by Gasteiger charge is -1.98. The fourth-order valence-corrected chi connectivity index (χ4v) is 2.46. The predicted octanol–water partition coefficient (Wildman–Crippen LogP) is 1.51. The molecule has 2 aromatic rings. The smallest absolute Gasteiger partial charge is 0.328 e. The van der Waals surface area contributed by atoms with Gasteiger partial charge in [0.25, 0.3) is 0 Å². The standard InChI is InChI=1S/C13H9N3O5S/c17-10(3-4-11(18)19)14-13-16-15-12(22-13)7-1-2-8-9(5-7)21-6-20-8/h1-5H,6H2,(H,18,19)(H,14,16,17)/b4-3+. The minimum Gasteiger partial charge on any atom is -0.478 e. The van der Waals surface area contributed by atoms with Gasteiger partial charge in [-0.25, -0.2) is 4.79 Å². The van der Waals surface area contributed by atoms with Crippen LogP contribution in [0.15, 0.2) is 30.4 Å². The first-order valence-electron chi connectivity index (χ1n) is 6.07. The number of benzene rings is 1. The van der Waals surface area contributed by atoms with Gasteiger partial charge in [0.15, 0.2) is 11.5 Å². The Hall–Kier alpha value is -2.94. The molecular formula is C13H9N3O5S. The highest BCUT2D eigenvalue weighted by Gasteiger charge is 2.16. The molecule has 0 atom stereocenters. The molecule has 0 fully saturated rings. The molecule has 3 rings (SSSR count). The largest absolute Gasteiger partial charge is 0.478 e. The highest BCUT2D eigenvalue weighted by Crippen LogP contribution is 2.37. The lowest BCUT2D eigenvalue weighted by molar-refractivity contribution is -0.131. The van der Waals surface area contributed by atoms with Crippen molar-refractivity contribution in [2.45, 2.75) is 0 Å². The van der Waals surface area contributed by atoms with Gasteiger partial charge in [-0.3, -0.25) is 10.1 Å². The second-order valence-electron chi connectivity index (χ2n) is 4.14. The Bertz CT molecular complexity index is 771. The molecule has 0 unspecified atom stereocenters. The lowest BCUT2D eigenvalue weighted by Crippen LogP contribution is -2.08. The first-order valence-corrected chi connectivity index (χ1v) is 6.89. The molecule has 22 heavy (non-hydrogen) atoms. The van der Waals surface area contributed by atoms with Crippen LogP contribution in [0.3, 0.4) is 0 Å². The van der Waals surface area contributed by atoms with Gasteiger partial charge < -0.3 is 14.6 Å². The number of hydrogen-bond acceptors (Lipinski definition) is 7. The number of carboxylic acid groups (broad SMARTS) is 1. The molecule has 2 heterocycles. The van der Waals surface area contributed by atoms with E-state index in [1.165, 1.54) is 0 Å². The van der Waals surface area contributed by atoms with Gasteiger partial charge >= 0.3 is 5.97 Å². The third-order valence-corrected chi connectivity index (χ3v) is 3.54. The quantitative estimate of drug-likeness (QED) is 0.822. The van der Waals surface area contributed by atoms with E-state index in [2.05, 4.69) is 15.5 Å². The van der Waals surface area contributed by atoms with Crippen LogP contribution in [0.4, 0.5) is 5.13 Å². The maximum Gasteiger partial charge on any atom is 0.328 e. The zero-order valence-electron chi connectivity index (χ0n) is 11.0. The van der Waals surface area contributed by atoms with Crippen molar-refractivity contribution in [1.82, 2.24) is 10.2 Å². The Morgan fingerprint density at radius 1 is 1.23 bits per heavy atom. The molecule has 0 saturated heterocycles. The van der Waals surface area contributed by atoms with Crippen molar-refractivity contribution < 1.29 is 24.2 Å². The van der Waals surface area contributed by atoms with E-state index in [1.807, 2.05) is 6.07 Å². The van der Waals surface area contributed by atoms with Crippen LogP contribution in [0.1, 0.15) is 0 Å². The van der Waals surface area contributed by atoms with Crippen LogP contribution in [0.2, 0.25) is 0 Å². The Labute approximate surface area is 128 Å². The number of carbonyl (C=O) groups is 2. The number of hydrogen-bond donors (Lipinski definition) is 2. The number of nitrogens with zero attached hydrogens (tertiary/aromatic N) is 2. The Morgan fingerprint density at radius 3 is 2.86 bits per heavy atom. The molecule has 1 aromatic carbocycles. The molecule has 0 saturated carbocycles. The van der Waals surface area contributed by atoms with Gasteiger partial charge in [-0.05, 0) is 18.2 Å². The highest BCUT2D eigenvalue weighted by molar-refractivity contribution is 7.18. The van der Waals surface area contributed by atoms with Gasteiger partial charge in [-0.1, -0.05) is 11.3 Å². The minimum atomic E-state index is -1.20. The maximum atomic E-state index is 11.5. The summed E-state index contributed by atoms with van der Waals surface area (Å²) in [7, 11) is 0. The lowest BCUT2D eigenvalue weighted by atomic mass is 10.2. The fraction of sp³-hybridized carbons (Fsp3) is 0.0769. The van der Waals surface area contributed by atoms with Gasteiger partial charge in [-0.2, -0.15) is 0 Å². The molecule has 1 amide bonds. The summed E-state index contributed by atoms with van der Waals surface area (Å²) >= 11 is 1.16. The van der Waals surface area contributed by atoms with Crippen LogP contribution in [0.25, 0.3) is 10.6 Å². The number of anilines is 1. The summed E-state index contributed by atoms with van der Waals surface area (Å²) in [6.07, 6.45) is 1.65. The predicted molar refractivity (Wildman–Crippen MR) is 76.9 cm³/mol. The second-order valence-corrected chi connectivity index (χ2v) is 5.12. The van der Waals surface area contributed by atoms with E-state index in [1.54, 1.807) is 12.1 Å². The normalized spacial score (nSPS) is 12.5. The summed E-state index contributed by atoms with van der Waals surface area (Å²) < 4.78 is 10.5. The van der Waals surface area contributed by atoms with Crippen LogP contribution < -0.4 is 14.8 Å². The van der Waals surface area contributed by atoms with E-state index < -0.39 is 11.9 Å². The van der Waals surface area contributed by atoms with E-state index in [4.69, 9.17) is 14.6 Å². The van der Waals surface area contributed by atoms with E-state index >= 15 is 0 Å². The molecule has 0 spiro atoms.